The van der Waals surface area contributed by atoms with Crippen molar-refractivity contribution in [1.82, 2.24) is 5.32 Å². The summed E-state index contributed by atoms with van der Waals surface area (Å²) in [5.74, 6) is 0. The number of hydrogen-bond donors (Lipinski definition) is 2. The molecule has 0 amide bonds. The van der Waals surface area contributed by atoms with E-state index in [2.05, 4.69) is 16.5 Å². The first-order valence-electron chi connectivity index (χ1n) is 3.73. The third kappa shape index (κ3) is 1.53. The summed E-state index contributed by atoms with van der Waals surface area (Å²) in [5.41, 5.74) is 1.42. The van der Waals surface area contributed by atoms with Crippen LogP contribution in [0.1, 0.15) is 13.3 Å². The first-order valence-corrected chi connectivity index (χ1v) is 3.32. The smallest absolute Gasteiger partial charge is 0.210 e. The lowest BCUT2D eigenvalue weighted by Gasteiger charge is -2.01. The Morgan fingerprint density at radius 1 is 2.11 bits per heavy atom. The van der Waals surface area contributed by atoms with E-state index in [1.54, 1.807) is 0 Å². The van der Waals surface area contributed by atoms with Crippen LogP contribution in [-0.2, 0) is 0 Å². The third-order valence-corrected chi connectivity index (χ3v) is 1.74. The Morgan fingerprint density at radius 2 is 3.00 bits per heavy atom. The summed E-state index contributed by atoms with van der Waals surface area (Å²) >= 11 is 0. The molecule has 2 N–H and O–H groups in total. The predicted molar refractivity (Wildman–Crippen MR) is 37.3 cm³/mol. The molecule has 0 aromatic rings. The van der Waals surface area contributed by atoms with Crippen LogP contribution < -0.4 is 5.32 Å². The molecule has 1 atom stereocenters. The molecule has 0 unspecified atom stereocenters. The van der Waals surface area contributed by atoms with E-state index in [1.807, 2.05) is 6.92 Å². The van der Waals surface area contributed by atoms with Gasteiger partial charge in [0.2, 0.25) is 1.43 Å². The van der Waals surface area contributed by atoms with Crippen molar-refractivity contribution in [3.05, 3.63) is 11.6 Å². The highest BCUT2D eigenvalue weighted by Crippen LogP contribution is 2.10. The summed E-state index contributed by atoms with van der Waals surface area (Å²) in [7, 11) is 0. The lowest BCUT2D eigenvalue weighted by molar-refractivity contribution is 0.256. The molecule has 0 radical (unpaired) electrons. The van der Waals surface area contributed by atoms with Gasteiger partial charge in [-0.25, -0.2) is 0 Å². The van der Waals surface area contributed by atoms with Crippen LogP contribution in [0, 0.1) is 0 Å². The molecule has 0 saturated carbocycles. The van der Waals surface area contributed by atoms with E-state index in [-0.39, 0.29) is 0 Å². The predicted octanol–water partition coefficient (Wildman–Crippen LogP) is 0.287. The minimum Gasteiger partial charge on any atom is -0.395 e. The van der Waals surface area contributed by atoms with Crippen LogP contribution in [-0.4, -0.2) is 25.7 Å². The first kappa shape index (κ1) is 5.45. The van der Waals surface area contributed by atoms with Gasteiger partial charge in [-0.3, -0.25) is 0 Å². The maximum absolute atomic E-state index is 6.53. The molecule has 2 heteroatoms. The van der Waals surface area contributed by atoms with E-state index in [0.717, 1.165) is 13.0 Å². The summed E-state index contributed by atoms with van der Waals surface area (Å²) in [6.45, 7) is 3.50. The maximum Gasteiger partial charge on any atom is 0.210 e. The van der Waals surface area contributed by atoms with Crippen molar-refractivity contribution in [2.24, 2.45) is 0 Å². The fourth-order valence-corrected chi connectivity index (χ4v) is 1.07. The Hall–Kier alpha value is -0.340. The van der Waals surface area contributed by atoms with E-state index in [1.165, 1.54) is 5.57 Å². The molecule has 0 bridgehead atoms. The second-order valence-electron chi connectivity index (χ2n) is 2.40. The lowest BCUT2D eigenvalue weighted by atomic mass is 10.1. The Labute approximate surface area is 57.1 Å². The average molecular weight is 129 g/mol. The van der Waals surface area contributed by atoms with Gasteiger partial charge in [-0.2, -0.15) is 0 Å². The lowest BCUT2D eigenvalue weighted by Crippen LogP contribution is -2.24. The summed E-state index contributed by atoms with van der Waals surface area (Å²) in [4.78, 5) is 0. The second-order valence-corrected chi connectivity index (χ2v) is 2.40. The second kappa shape index (κ2) is 2.99. The average Bonchev–Trinajstić information content (AvgIpc) is 2.37. The molecule has 0 aromatic heterocycles. The molecule has 0 aromatic carbocycles. The summed E-state index contributed by atoms with van der Waals surface area (Å²) in [6.07, 6.45) is 3.16. The van der Waals surface area contributed by atoms with Gasteiger partial charge in [0.1, 0.15) is 0 Å². The van der Waals surface area contributed by atoms with Gasteiger partial charge in [0.05, 0.1) is 6.61 Å². The van der Waals surface area contributed by atoms with Crippen molar-refractivity contribution in [2.45, 2.75) is 19.4 Å². The minimum absolute atomic E-state index is 0.365. The fraction of sp³-hybridized carbons (Fsp3) is 0.714. The highest BCUT2D eigenvalue weighted by molar-refractivity contribution is 5.10. The van der Waals surface area contributed by atoms with Crippen LogP contribution in [0.3, 0.4) is 0 Å². The van der Waals surface area contributed by atoms with Gasteiger partial charge >= 0.3 is 0 Å². The Bertz CT molecular complexity index is 136. The quantitative estimate of drug-likeness (QED) is 0.525. The van der Waals surface area contributed by atoms with Crippen molar-refractivity contribution in [3.8, 4) is 0 Å². The molecule has 1 aliphatic heterocycles. The summed E-state index contributed by atoms with van der Waals surface area (Å²) in [6, 6.07) is 0.365. The topological polar surface area (TPSA) is 32.3 Å². The largest absolute Gasteiger partial charge is 0.395 e. The molecule has 1 aliphatic rings. The summed E-state index contributed by atoms with van der Waals surface area (Å²) < 4.78 is 6.53. The molecule has 9 heavy (non-hydrogen) atoms. The first-order chi connectivity index (χ1) is 4.86. The van der Waals surface area contributed by atoms with Gasteiger partial charge in [-0.05, 0) is 13.3 Å². The number of nitrogens with one attached hydrogen (secondary N) is 1. The number of aliphatic hydroxyl groups excluding tert-OH is 1. The number of rotatable bonds is 2. The van der Waals surface area contributed by atoms with Crippen molar-refractivity contribution >= 4 is 0 Å². The van der Waals surface area contributed by atoms with Crippen molar-refractivity contribution in [1.29, 1.82) is 1.43 Å². The van der Waals surface area contributed by atoms with E-state index in [4.69, 9.17) is 1.43 Å². The van der Waals surface area contributed by atoms with Gasteiger partial charge in [0, 0.05) is 12.6 Å². The zero-order valence-corrected chi connectivity index (χ0v) is 5.68. The molecule has 1 rings (SSSR count). The summed E-state index contributed by atoms with van der Waals surface area (Å²) in [5, 5.41) is 7.52. The fourth-order valence-electron chi connectivity index (χ4n) is 1.07. The van der Waals surface area contributed by atoms with Crippen LogP contribution >= 0.6 is 0 Å². The monoisotopic (exact) mass is 129 g/mol. The van der Waals surface area contributed by atoms with E-state index >= 15 is 0 Å². The van der Waals surface area contributed by atoms with Gasteiger partial charge in [0.25, 0.3) is 0 Å². The van der Waals surface area contributed by atoms with Crippen molar-refractivity contribution < 1.29 is 5.11 Å². The van der Waals surface area contributed by atoms with Crippen molar-refractivity contribution in [2.75, 3.05) is 13.2 Å². The van der Waals surface area contributed by atoms with E-state index < -0.39 is 0 Å². The van der Waals surface area contributed by atoms with Gasteiger partial charge < -0.3 is 10.4 Å². The normalized spacial score (nSPS) is 33.2. The molecule has 0 spiro atoms. The SMILES string of the molecule is [3H]OC[C@@H]1CC(=CC)CN1. The minimum atomic E-state index is 0.365. The van der Waals surface area contributed by atoms with Gasteiger partial charge in [-0.15, -0.1) is 0 Å². The van der Waals surface area contributed by atoms with Crippen molar-refractivity contribution in [3.63, 3.8) is 0 Å². The standard InChI is InChI=1S/C7H13NO/c1-2-6-3-7(5-9)8-4-6/h2,7-9H,3-5H2,1H3/t7-/m0/s1/i9T. The van der Waals surface area contributed by atoms with E-state index in [0.29, 0.717) is 12.6 Å². The number of aliphatic hydroxyl groups is 1. The molecule has 2 nitrogen and oxygen atoms in total. The highest BCUT2D eigenvalue weighted by atomic mass is 16.3. The maximum atomic E-state index is 6.53. The van der Waals surface area contributed by atoms with Crippen LogP contribution in [0.4, 0.5) is 0 Å². The van der Waals surface area contributed by atoms with Crippen LogP contribution in [0.25, 0.3) is 0 Å². The van der Waals surface area contributed by atoms with Crippen LogP contribution in [0.5, 0.6) is 0 Å². The van der Waals surface area contributed by atoms with Gasteiger partial charge in [-0.1, -0.05) is 11.6 Å². The van der Waals surface area contributed by atoms with Crippen LogP contribution in [0.15, 0.2) is 11.6 Å². The molecule has 1 heterocycles. The molecule has 52 valence electrons. The third-order valence-electron chi connectivity index (χ3n) is 1.74. The molecule has 1 fully saturated rings. The zero-order valence-electron chi connectivity index (χ0n) is 6.68. The van der Waals surface area contributed by atoms with Crippen LogP contribution in [0.2, 0.25) is 0 Å². The highest BCUT2D eigenvalue weighted by Gasteiger charge is 2.15. The zero-order chi connectivity index (χ0) is 7.40. The molecular formula is C7H13NO. The molecule has 1 saturated heterocycles. The Kier molecular flexibility index (Phi) is 1.81. The Balaban J connectivity index is 2.29. The number of hydrogen-bond acceptors (Lipinski definition) is 2. The molecular weight excluding hydrogens is 114 g/mol. The van der Waals surface area contributed by atoms with Gasteiger partial charge in [0.15, 0.2) is 0 Å². The molecule has 0 aliphatic carbocycles. The van der Waals surface area contributed by atoms with E-state index in [9.17, 15) is 0 Å². The number of allylic oxidation sites excluding steroid dienone is 1. The Morgan fingerprint density at radius 3 is 3.56 bits per heavy atom.